The Bertz CT molecular complexity index is 1070. The molecule has 2 amide bonds. The number of nitrogens with zero attached hydrogens (tertiary/aromatic N) is 1. The van der Waals surface area contributed by atoms with E-state index in [0.717, 1.165) is 50.0 Å². The SMILES string of the molecule is COc1cc(F)c(NC(=O)Nc2cc(OCC(=O)O)ccc2N(CC(C)C)C2CCCCC2)cc1F. The quantitative estimate of drug-likeness (QED) is 0.373. The Kier molecular flexibility index (Phi) is 9.32. The van der Waals surface area contributed by atoms with Gasteiger partial charge in [0, 0.05) is 30.8 Å². The first-order chi connectivity index (χ1) is 17.2. The summed E-state index contributed by atoms with van der Waals surface area (Å²) in [6.45, 7) is 4.43. The summed E-state index contributed by atoms with van der Waals surface area (Å²) in [7, 11) is 1.22. The Balaban J connectivity index is 1.91. The van der Waals surface area contributed by atoms with E-state index in [0.29, 0.717) is 11.6 Å². The standard InChI is InChI=1S/C26H33F2N3O5/c1-16(2)14-31(17-7-5-4-6-8-17)23-10-9-18(36-15-25(32)33)11-22(23)30-26(34)29-21-12-20(28)24(35-3)13-19(21)27/h9-13,16-17H,4-8,14-15H2,1-3H3,(H,32,33)(H2,29,30,34). The second kappa shape index (κ2) is 12.4. The van der Waals surface area contributed by atoms with Crippen LogP contribution >= 0.6 is 0 Å². The highest BCUT2D eigenvalue weighted by molar-refractivity contribution is 6.02. The van der Waals surface area contributed by atoms with Gasteiger partial charge >= 0.3 is 12.0 Å². The van der Waals surface area contributed by atoms with Crippen LogP contribution in [-0.4, -0.2) is 43.4 Å². The topological polar surface area (TPSA) is 100 Å². The number of carboxylic acids is 1. The maximum Gasteiger partial charge on any atom is 0.341 e. The van der Waals surface area contributed by atoms with Gasteiger partial charge in [-0.2, -0.15) is 0 Å². The normalized spacial score (nSPS) is 13.8. The molecule has 1 fully saturated rings. The number of amides is 2. The fourth-order valence-corrected chi connectivity index (χ4v) is 4.39. The van der Waals surface area contributed by atoms with Crippen molar-refractivity contribution in [3.05, 3.63) is 42.0 Å². The molecule has 196 valence electrons. The Hall–Kier alpha value is -3.56. The molecule has 2 aromatic carbocycles. The van der Waals surface area contributed by atoms with Crippen molar-refractivity contribution in [1.82, 2.24) is 0 Å². The monoisotopic (exact) mass is 505 g/mol. The molecular formula is C26H33F2N3O5. The highest BCUT2D eigenvalue weighted by Crippen LogP contribution is 2.36. The molecule has 1 aliphatic rings. The lowest BCUT2D eigenvalue weighted by molar-refractivity contribution is -0.139. The lowest BCUT2D eigenvalue weighted by atomic mass is 9.93. The van der Waals surface area contributed by atoms with Crippen molar-refractivity contribution < 1.29 is 33.0 Å². The number of aliphatic carboxylic acids is 1. The van der Waals surface area contributed by atoms with Crippen LogP contribution in [0.5, 0.6) is 11.5 Å². The molecular weight excluding hydrogens is 472 g/mol. The number of rotatable bonds is 10. The van der Waals surface area contributed by atoms with Crippen molar-refractivity contribution in [2.45, 2.75) is 52.0 Å². The van der Waals surface area contributed by atoms with Crippen molar-refractivity contribution in [2.75, 3.05) is 35.8 Å². The summed E-state index contributed by atoms with van der Waals surface area (Å²) in [6, 6.07) is 6.18. The average molecular weight is 506 g/mol. The highest BCUT2D eigenvalue weighted by Gasteiger charge is 2.25. The van der Waals surface area contributed by atoms with Crippen LogP contribution in [0.25, 0.3) is 0 Å². The van der Waals surface area contributed by atoms with Gasteiger partial charge < -0.3 is 30.1 Å². The van der Waals surface area contributed by atoms with E-state index in [1.54, 1.807) is 18.2 Å². The molecule has 10 heteroatoms. The van der Waals surface area contributed by atoms with Crippen LogP contribution in [0.15, 0.2) is 30.3 Å². The minimum absolute atomic E-state index is 0.256. The van der Waals surface area contributed by atoms with Crippen molar-refractivity contribution in [2.24, 2.45) is 5.92 Å². The number of anilines is 3. The van der Waals surface area contributed by atoms with E-state index in [4.69, 9.17) is 14.6 Å². The van der Waals surface area contributed by atoms with E-state index < -0.39 is 30.2 Å². The lowest BCUT2D eigenvalue weighted by Crippen LogP contribution is -2.40. The Morgan fingerprint density at radius 1 is 1.06 bits per heavy atom. The molecule has 0 unspecified atom stereocenters. The molecule has 0 spiro atoms. The number of ether oxygens (including phenoxy) is 2. The van der Waals surface area contributed by atoms with Crippen LogP contribution in [0, 0.1) is 17.6 Å². The first kappa shape index (κ1) is 27.0. The van der Waals surface area contributed by atoms with E-state index in [1.165, 1.54) is 13.5 Å². The molecule has 8 nitrogen and oxygen atoms in total. The predicted molar refractivity (Wildman–Crippen MR) is 134 cm³/mol. The van der Waals surface area contributed by atoms with Gasteiger partial charge in [0.1, 0.15) is 5.75 Å². The summed E-state index contributed by atoms with van der Waals surface area (Å²) < 4.78 is 38.5. The van der Waals surface area contributed by atoms with E-state index >= 15 is 0 Å². The molecule has 0 bridgehead atoms. The third-order valence-electron chi connectivity index (χ3n) is 5.95. The number of hydrogen-bond donors (Lipinski definition) is 3. The van der Waals surface area contributed by atoms with Crippen LogP contribution in [0.2, 0.25) is 0 Å². The molecule has 0 aromatic heterocycles. The fourth-order valence-electron chi connectivity index (χ4n) is 4.39. The van der Waals surface area contributed by atoms with Crippen LogP contribution in [0.1, 0.15) is 46.0 Å². The maximum absolute atomic E-state index is 14.4. The Labute approximate surface area is 209 Å². The van der Waals surface area contributed by atoms with E-state index in [1.807, 2.05) is 0 Å². The zero-order chi connectivity index (χ0) is 26.2. The van der Waals surface area contributed by atoms with Gasteiger partial charge in [-0.3, -0.25) is 0 Å². The predicted octanol–water partition coefficient (Wildman–Crippen LogP) is 5.88. The highest BCUT2D eigenvalue weighted by atomic mass is 19.1. The number of halogens is 2. The zero-order valence-corrected chi connectivity index (χ0v) is 20.8. The number of methoxy groups -OCH3 is 1. The third-order valence-corrected chi connectivity index (χ3v) is 5.95. The maximum atomic E-state index is 14.4. The van der Waals surface area contributed by atoms with Gasteiger partial charge in [-0.25, -0.2) is 18.4 Å². The summed E-state index contributed by atoms with van der Waals surface area (Å²) in [6.07, 6.45) is 5.46. The summed E-state index contributed by atoms with van der Waals surface area (Å²) in [4.78, 5) is 26.1. The first-order valence-corrected chi connectivity index (χ1v) is 12.0. The number of hydrogen-bond acceptors (Lipinski definition) is 5. The molecule has 3 rings (SSSR count). The molecule has 1 saturated carbocycles. The van der Waals surface area contributed by atoms with Crippen molar-refractivity contribution in [3.63, 3.8) is 0 Å². The molecule has 0 radical (unpaired) electrons. The lowest BCUT2D eigenvalue weighted by Gasteiger charge is -2.38. The number of benzene rings is 2. The molecule has 36 heavy (non-hydrogen) atoms. The van der Waals surface area contributed by atoms with E-state index in [9.17, 15) is 18.4 Å². The zero-order valence-electron chi connectivity index (χ0n) is 20.8. The third kappa shape index (κ3) is 7.22. The summed E-state index contributed by atoms with van der Waals surface area (Å²) in [5.41, 5.74) is 0.766. The Morgan fingerprint density at radius 2 is 1.75 bits per heavy atom. The van der Waals surface area contributed by atoms with Crippen LogP contribution < -0.4 is 25.0 Å². The minimum Gasteiger partial charge on any atom is -0.494 e. The van der Waals surface area contributed by atoms with Gasteiger partial charge in [0.15, 0.2) is 24.0 Å². The number of nitrogens with one attached hydrogen (secondary N) is 2. The molecule has 0 atom stereocenters. The second-order valence-corrected chi connectivity index (χ2v) is 9.25. The first-order valence-electron chi connectivity index (χ1n) is 12.0. The smallest absolute Gasteiger partial charge is 0.341 e. The molecule has 1 aliphatic carbocycles. The largest absolute Gasteiger partial charge is 0.494 e. The van der Waals surface area contributed by atoms with Gasteiger partial charge in [0.25, 0.3) is 0 Å². The number of carbonyl (C=O) groups excluding carboxylic acids is 1. The molecule has 2 aromatic rings. The van der Waals surface area contributed by atoms with Crippen LogP contribution in [0.4, 0.5) is 30.6 Å². The average Bonchev–Trinajstić information content (AvgIpc) is 2.84. The van der Waals surface area contributed by atoms with Gasteiger partial charge in [0.05, 0.1) is 24.2 Å². The Morgan fingerprint density at radius 3 is 2.39 bits per heavy atom. The van der Waals surface area contributed by atoms with Crippen LogP contribution in [-0.2, 0) is 4.79 Å². The molecule has 0 aliphatic heterocycles. The molecule has 0 heterocycles. The van der Waals surface area contributed by atoms with Gasteiger partial charge in [-0.05, 0) is 30.9 Å². The number of carbonyl (C=O) groups is 2. The van der Waals surface area contributed by atoms with Gasteiger partial charge in [0.2, 0.25) is 0 Å². The summed E-state index contributed by atoms with van der Waals surface area (Å²) in [5.74, 6) is -2.49. The van der Waals surface area contributed by atoms with E-state index in [2.05, 4.69) is 29.4 Å². The molecule has 3 N–H and O–H groups in total. The second-order valence-electron chi connectivity index (χ2n) is 9.25. The van der Waals surface area contributed by atoms with Gasteiger partial charge in [-0.15, -0.1) is 0 Å². The number of urea groups is 1. The summed E-state index contributed by atoms with van der Waals surface area (Å²) >= 11 is 0. The number of carboxylic acid groups (broad SMARTS) is 1. The summed E-state index contributed by atoms with van der Waals surface area (Å²) in [5, 5.41) is 14.0. The fraction of sp³-hybridized carbons (Fsp3) is 0.462. The molecule has 0 saturated heterocycles. The van der Waals surface area contributed by atoms with Gasteiger partial charge in [-0.1, -0.05) is 33.1 Å². The van der Waals surface area contributed by atoms with Crippen molar-refractivity contribution >= 4 is 29.1 Å². The van der Waals surface area contributed by atoms with E-state index in [-0.39, 0.29) is 23.2 Å². The van der Waals surface area contributed by atoms with Crippen molar-refractivity contribution in [3.8, 4) is 11.5 Å². The van der Waals surface area contributed by atoms with Crippen molar-refractivity contribution in [1.29, 1.82) is 0 Å². The minimum atomic E-state index is -1.13. The van der Waals surface area contributed by atoms with Crippen LogP contribution in [0.3, 0.4) is 0 Å².